The van der Waals surface area contributed by atoms with Gasteiger partial charge in [0.25, 0.3) is 5.91 Å². The Hall–Kier alpha value is -2.72. The summed E-state index contributed by atoms with van der Waals surface area (Å²) >= 11 is 6.04. The molecular weight excluding hydrogens is 446 g/mol. The van der Waals surface area contributed by atoms with E-state index in [0.717, 1.165) is 41.8 Å². The van der Waals surface area contributed by atoms with Crippen molar-refractivity contribution in [3.05, 3.63) is 69.8 Å². The number of hydrogen-bond acceptors (Lipinski definition) is 3. The van der Waals surface area contributed by atoms with Gasteiger partial charge in [-0.25, -0.2) is 0 Å². The molecule has 2 aromatic rings. The van der Waals surface area contributed by atoms with E-state index in [2.05, 4.69) is 40.7 Å². The summed E-state index contributed by atoms with van der Waals surface area (Å²) in [6, 6.07) is 11.5. The molecule has 182 valence electrons. The number of nitrogens with zero attached hydrogens (tertiary/aromatic N) is 1. The van der Waals surface area contributed by atoms with Gasteiger partial charge in [-0.3, -0.25) is 4.79 Å². The van der Waals surface area contributed by atoms with Crippen molar-refractivity contribution in [2.24, 2.45) is 5.92 Å². The van der Waals surface area contributed by atoms with Crippen LogP contribution in [0.4, 0.5) is 5.69 Å². The molecule has 0 fully saturated rings. The molecule has 1 amide bonds. The molecule has 0 N–H and O–H groups in total. The molecule has 1 heterocycles. The SMILES string of the molecule is C/C=C(C)/C(=C(/C)C(CC)CCC)c1cc2c(cc1OC)N(Cc1ccc(Cl)cc1)C(=O)CO2. The van der Waals surface area contributed by atoms with Crippen LogP contribution in [0.25, 0.3) is 5.57 Å². The summed E-state index contributed by atoms with van der Waals surface area (Å²) in [7, 11) is 1.68. The highest BCUT2D eigenvalue weighted by Crippen LogP contribution is 2.44. The number of carbonyl (C=O) groups excluding carboxylic acids is 1. The monoisotopic (exact) mass is 481 g/mol. The van der Waals surface area contributed by atoms with Gasteiger partial charge in [-0.05, 0) is 74.4 Å². The third kappa shape index (κ3) is 5.50. The van der Waals surface area contributed by atoms with Crippen LogP contribution >= 0.6 is 11.6 Å². The predicted molar refractivity (Wildman–Crippen MR) is 142 cm³/mol. The number of rotatable bonds is 9. The van der Waals surface area contributed by atoms with E-state index in [1.54, 1.807) is 12.0 Å². The topological polar surface area (TPSA) is 38.8 Å². The van der Waals surface area contributed by atoms with Crippen molar-refractivity contribution in [1.29, 1.82) is 0 Å². The minimum atomic E-state index is -0.0807. The number of benzene rings is 2. The van der Waals surface area contributed by atoms with Crippen molar-refractivity contribution >= 4 is 28.8 Å². The Morgan fingerprint density at radius 2 is 1.91 bits per heavy atom. The molecule has 1 aliphatic rings. The molecule has 4 nitrogen and oxygen atoms in total. The smallest absolute Gasteiger partial charge is 0.265 e. The van der Waals surface area contributed by atoms with Crippen LogP contribution in [0, 0.1) is 5.92 Å². The molecule has 1 unspecified atom stereocenters. The fourth-order valence-electron chi connectivity index (χ4n) is 4.70. The number of halogens is 1. The molecule has 3 rings (SSSR count). The molecule has 34 heavy (non-hydrogen) atoms. The lowest BCUT2D eigenvalue weighted by Crippen LogP contribution is -2.38. The van der Waals surface area contributed by atoms with Gasteiger partial charge >= 0.3 is 0 Å². The van der Waals surface area contributed by atoms with Crippen molar-refractivity contribution in [3.8, 4) is 11.5 Å². The van der Waals surface area contributed by atoms with E-state index in [-0.39, 0.29) is 12.5 Å². The average Bonchev–Trinajstić information content (AvgIpc) is 2.85. The molecule has 0 bridgehead atoms. The van der Waals surface area contributed by atoms with Crippen LogP contribution in [0.2, 0.25) is 5.02 Å². The Morgan fingerprint density at radius 3 is 2.50 bits per heavy atom. The Balaban J connectivity index is 2.14. The summed E-state index contributed by atoms with van der Waals surface area (Å²) in [6.07, 6.45) is 5.53. The molecular formula is C29H36ClNO3. The maximum Gasteiger partial charge on any atom is 0.265 e. The fourth-order valence-corrected chi connectivity index (χ4v) is 4.82. The molecule has 1 aliphatic heterocycles. The second-order valence-corrected chi connectivity index (χ2v) is 9.28. The molecule has 0 aliphatic carbocycles. The Labute approximate surface area is 209 Å². The van der Waals surface area contributed by atoms with Gasteiger partial charge in [0.15, 0.2) is 6.61 Å². The minimum absolute atomic E-state index is 0.0143. The van der Waals surface area contributed by atoms with Gasteiger partial charge in [-0.2, -0.15) is 0 Å². The summed E-state index contributed by atoms with van der Waals surface area (Å²) < 4.78 is 11.8. The van der Waals surface area contributed by atoms with E-state index in [1.165, 1.54) is 16.7 Å². The van der Waals surface area contributed by atoms with Crippen LogP contribution in [0.5, 0.6) is 11.5 Å². The van der Waals surface area contributed by atoms with Crippen molar-refractivity contribution < 1.29 is 14.3 Å². The van der Waals surface area contributed by atoms with Crippen LogP contribution in [0.3, 0.4) is 0 Å². The second kappa shape index (κ2) is 11.6. The summed E-state index contributed by atoms with van der Waals surface area (Å²) in [5.41, 5.74) is 6.50. The van der Waals surface area contributed by atoms with Gasteiger partial charge in [-0.1, -0.05) is 55.7 Å². The maximum absolute atomic E-state index is 12.8. The largest absolute Gasteiger partial charge is 0.496 e. The quantitative estimate of drug-likeness (QED) is 0.342. The Bertz CT molecular complexity index is 1090. The Morgan fingerprint density at radius 1 is 1.21 bits per heavy atom. The van der Waals surface area contributed by atoms with Gasteiger partial charge in [-0.15, -0.1) is 0 Å². The van der Waals surface area contributed by atoms with Crippen LogP contribution in [-0.4, -0.2) is 19.6 Å². The first kappa shape index (κ1) is 25.9. The van der Waals surface area contributed by atoms with Crippen LogP contribution in [-0.2, 0) is 11.3 Å². The first-order valence-electron chi connectivity index (χ1n) is 12.1. The van der Waals surface area contributed by atoms with Crippen LogP contribution in [0.15, 0.2) is 53.6 Å². The molecule has 0 aromatic heterocycles. The molecule has 0 saturated carbocycles. The predicted octanol–water partition coefficient (Wildman–Crippen LogP) is 7.84. The number of methoxy groups -OCH3 is 1. The lowest BCUT2D eigenvalue weighted by atomic mass is 9.84. The number of amides is 1. The van der Waals surface area contributed by atoms with Crippen molar-refractivity contribution in [2.75, 3.05) is 18.6 Å². The minimum Gasteiger partial charge on any atom is -0.496 e. The van der Waals surface area contributed by atoms with Gasteiger partial charge in [0.05, 0.1) is 19.3 Å². The van der Waals surface area contributed by atoms with Crippen molar-refractivity contribution in [2.45, 2.75) is 60.4 Å². The lowest BCUT2D eigenvalue weighted by molar-refractivity contribution is -0.121. The van der Waals surface area contributed by atoms with E-state index < -0.39 is 0 Å². The number of ether oxygens (including phenoxy) is 2. The number of allylic oxidation sites excluding steroid dienone is 4. The van der Waals surface area contributed by atoms with Crippen LogP contribution < -0.4 is 14.4 Å². The van der Waals surface area contributed by atoms with Crippen molar-refractivity contribution in [3.63, 3.8) is 0 Å². The number of anilines is 1. The van der Waals surface area contributed by atoms with Gasteiger partial charge in [0, 0.05) is 16.7 Å². The first-order valence-corrected chi connectivity index (χ1v) is 12.5. The number of fused-ring (bicyclic) bond motifs is 1. The maximum atomic E-state index is 12.8. The molecule has 0 spiro atoms. The van der Waals surface area contributed by atoms with E-state index in [9.17, 15) is 4.79 Å². The zero-order valence-corrected chi connectivity index (χ0v) is 22.0. The number of carbonyl (C=O) groups is 1. The third-order valence-electron chi connectivity index (χ3n) is 6.71. The highest BCUT2D eigenvalue weighted by Gasteiger charge is 2.29. The standard InChI is InChI=1S/C29H36ClNO3/c1-7-10-22(9-3)20(5)29(19(4)8-2)24-15-27-25(16-26(24)33-6)31(28(32)18-34-27)17-21-11-13-23(30)14-12-21/h8,11-16,22H,7,9-10,17-18H2,1-6H3/b19-8+,29-20+. The van der Waals surface area contributed by atoms with E-state index in [4.69, 9.17) is 21.1 Å². The first-order chi connectivity index (χ1) is 16.3. The lowest BCUT2D eigenvalue weighted by Gasteiger charge is -2.31. The molecule has 0 radical (unpaired) electrons. The van der Waals surface area contributed by atoms with Crippen LogP contribution in [0.1, 0.15) is 65.0 Å². The normalized spacial score (nSPS) is 15.4. The zero-order chi connectivity index (χ0) is 24.8. The summed E-state index contributed by atoms with van der Waals surface area (Å²) in [5, 5.41) is 0.672. The summed E-state index contributed by atoms with van der Waals surface area (Å²) in [4.78, 5) is 14.6. The second-order valence-electron chi connectivity index (χ2n) is 8.84. The zero-order valence-electron chi connectivity index (χ0n) is 21.2. The summed E-state index contributed by atoms with van der Waals surface area (Å²) in [5.74, 6) is 1.85. The Kier molecular flexibility index (Phi) is 8.84. The van der Waals surface area contributed by atoms with Gasteiger partial charge in [0.1, 0.15) is 11.5 Å². The fraction of sp³-hybridized carbons (Fsp3) is 0.414. The van der Waals surface area contributed by atoms with Crippen molar-refractivity contribution in [1.82, 2.24) is 0 Å². The van der Waals surface area contributed by atoms with E-state index in [1.807, 2.05) is 36.4 Å². The molecule has 2 aromatic carbocycles. The molecule has 1 atom stereocenters. The van der Waals surface area contributed by atoms with Gasteiger partial charge < -0.3 is 14.4 Å². The van der Waals surface area contributed by atoms with E-state index in [0.29, 0.717) is 23.2 Å². The molecule has 5 heteroatoms. The number of hydrogen-bond donors (Lipinski definition) is 0. The molecule has 0 saturated heterocycles. The highest BCUT2D eigenvalue weighted by atomic mass is 35.5. The average molecular weight is 482 g/mol. The highest BCUT2D eigenvalue weighted by molar-refractivity contribution is 6.30. The van der Waals surface area contributed by atoms with Gasteiger partial charge in [0.2, 0.25) is 0 Å². The summed E-state index contributed by atoms with van der Waals surface area (Å²) in [6.45, 7) is 11.4. The third-order valence-corrected chi connectivity index (χ3v) is 6.96. The van der Waals surface area contributed by atoms with E-state index >= 15 is 0 Å².